The van der Waals surface area contributed by atoms with Crippen LogP contribution in [-0.2, 0) is 32.7 Å². The van der Waals surface area contributed by atoms with Crippen LogP contribution in [0.25, 0.3) is 0 Å². The minimum atomic E-state index is -4.76. The Morgan fingerprint density at radius 3 is 1.75 bits per heavy atom. The van der Waals surface area contributed by atoms with E-state index in [0.29, 0.717) is 12.8 Å². The number of hydrogen-bond acceptors (Lipinski definition) is 8. The van der Waals surface area contributed by atoms with Gasteiger partial charge in [0.25, 0.3) is 0 Å². The van der Waals surface area contributed by atoms with Crippen molar-refractivity contribution in [3.63, 3.8) is 0 Å². The van der Waals surface area contributed by atoms with Gasteiger partial charge in [0.15, 0.2) is 6.04 Å². The van der Waals surface area contributed by atoms with Gasteiger partial charge < -0.3 is 25.2 Å². The Hall–Kier alpha value is -2.82. The highest BCUT2D eigenvalue weighted by atomic mass is 31.2. The van der Waals surface area contributed by atoms with Crippen LogP contribution in [0.4, 0.5) is 0 Å². The van der Waals surface area contributed by atoms with Crippen LogP contribution < -0.4 is 5.32 Å². The Balaban J connectivity index is 4.05. The van der Waals surface area contributed by atoms with Crippen LogP contribution in [0.2, 0.25) is 0 Å². The number of carboxylic acid groups (broad SMARTS) is 1. The third-order valence-electron chi connectivity index (χ3n) is 7.54. The first kappa shape index (κ1) is 48.2. The van der Waals surface area contributed by atoms with E-state index in [1.165, 1.54) is 19.3 Å². The van der Waals surface area contributed by atoms with Crippen molar-refractivity contribution < 1.29 is 47.8 Å². The summed E-state index contributed by atoms with van der Waals surface area (Å²) in [5, 5.41) is 21.7. The number of esters is 1. The predicted molar refractivity (Wildman–Crippen MR) is 203 cm³/mol. The van der Waals surface area contributed by atoms with E-state index in [1.54, 1.807) is 0 Å². The molecule has 0 heterocycles. The average molecular weight is 740 g/mol. The molecule has 0 bridgehead atoms. The van der Waals surface area contributed by atoms with Gasteiger partial charge >= 0.3 is 19.8 Å². The van der Waals surface area contributed by atoms with Crippen molar-refractivity contribution in [3.05, 3.63) is 60.8 Å². The first-order valence-electron chi connectivity index (χ1n) is 18.8. The van der Waals surface area contributed by atoms with E-state index in [9.17, 15) is 34.1 Å². The second-order valence-electron chi connectivity index (χ2n) is 12.4. The molecule has 0 saturated heterocycles. The minimum absolute atomic E-state index is 0.130. The minimum Gasteiger partial charge on any atom is -0.480 e. The van der Waals surface area contributed by atoms with Gasteiger partial charge in [-0.15, -0.1) is 0 Å². The fourth-order valence-electron chi connectivity index (χ4n) is 4.59. The molecule has 0 aromatic carbocycles. The number of carbonyl (C=O) groups is 3. The van der Waals surface area contributed by atoms with Crippen molar-refractivity contribution in [2.45, 2.75) is 148 Å². The number of aliphatic carboxylic acids is 1. The number of phosphoric ester groups is 1. The summed E-state index contributed by atoms with van der Waals surface area (Å²) in [4.78, 5) is 45.6. The molecule has 0 aliphatic heterocycles. The molecule has 0 aliphatic rings. The summed E-state index contributed by atoms with van der Waals surface area (Å²) < 4.78 is 26.7. The number of carbonyl (C=O) groups excluding carboxylic acids is 2. The molecule has 0 aromatic rings. The molecule has 0 fully saturated rings. The van der Waals surface area contributed by atoms with Gasteiger partial charge in [-0.3, -0.25) is 18.6 Å². The molecule has 0 saturated carbocycles. The Bertz CT molecular complexity index is 1100. The van der Waals surface area contributed by atoms with Crippen LogP contribution in [0.1, 0.15) is 136 Å². The number of aliphatic hydroxyl groups excluding tert-OH is 1. The quantitative estimate of drug-likeness (QED) is 0.0217. The average Bonchev–Trinajstić information content (AvgIpc) is 3.10. The third-order valence-corrected chi connectivity index (χ3v) is 8.49. The highest BCUT2D eigenvalue weighted by Gasteiger charge is 2.28. The van der Waals surface area contributed by atoms with Crippen molar-refractivity contribution in [1.82, 2.24) is 5.32 Å². The van der Waals surface area contributed by atoms with Gasteiger partial charge in [0.2, 0.25) is 5.91 Å². The van der Waals surface area contributed by atoms with E-state index in [4.69, 9.17) is 13.8 Å². The number of amides is 1. The van der Waals surface area contributed by atoms with Crippen LogP contribution in [0.5, 0.6) is 0 Å². The number of carboxylic acids is 1. The molecule has 0 radical (unpaired) electrons. The summed E-state index contributed by atoms with van der Waals surface area (Å²) in [7, 11) is -4.76. The van der Waals surface area contributed by atoms with E-state index in [1.807, 2.05) is 0 Å². The normalized spacial score (nSPS) is 14.6. The first-order chi connectivity index (χ1) is 24.6. The number of phosphoric acid groups is 1. The summed E-state index contributed by atoms with van der Waals surface area (Å²) in [6.07, 6.45) is 36.9. The zero-order valence-corrected chi connectivity index (χ0v) is 32.0. The number of unbranched alkanes of at least 4 members (excludes halogenated alkanes) is 10. The smallest absolute Gasteiger partial charge is 0.472 e. The molecule has 4 N–H and O–H groups in total. The monoisotopic (exact) mass is 739 g/mol. The molecular weight excluding hydrogens is 673 g/mol. The molecule has 12 heteroatoms. The Labute approximate surface area is 306 Å². The molecule has 51 heavy (non-hydrogen) atoms. The Morgan fingerprint density at radius 1 is 0.647 bits per heavy atom. The molecule has 0 spiro atoms. The fourth-order valence-corrected chi connectivity index (χ4v) is 5.36. The lowest BCUT2D eigenvalue weighted by molar-refractivity contribution is -0.147. The molecule has 292 valence electrons. The highest BCUT2D eigenvalue weighted by molar-refractivity contribution is 7.47. The topological polar surface area (TPSA) is 169 Å². The summed E-state index contributed by atoms with van der Waals surface area (Å²) in [6.45, 7) is 2.36. The summed E-state index contributed by atoms with van der Waals surface area (Å²) in [5.41, 5.74) is 0. The number of nitrogens with one attached hydrogen (secondary N) is 1. The maximum Gasteiger partial charge on any atom is 0.472 e. The van der Waals surface area contributed by atoms with E-state index >= 15 is 0 Å². The van der Waals surface area contributed by atoms with E-state index in [2.05, 4.69) is 79.9 Å². The Kier molecular flexibility index (Phi) is 32.4. The van der Waals surface area contributed by atoms with Gasteiger partial charge in [-0.05, 0) is 77.0 Å². The number of aliphatic hydroxyl groups is 1. The number of rotatable bonds is 34. The van der Waals surface area contributed by atoms with Crippen molar-refractivity contribution >= 4 is 25.7 Å². The van der Waals surface area contributed by atoms with Crippen LogP contribution in [0.3, 0.4) is 0 Å². The van der Waals surface area contributed by atoms with E-state index in [-0.39, 0.29) is 12.8 Å². The van der Waals surface area contributed by atoms with Crippen molar-refractivity contribution in [2.75, 3.05) is 19.8 Å². The second kappa shape index (κ2) is 34.3. The lowest BCUT2D eigenvalue weighted by atomic mass is 10.1. The van der Waals surface area contributed by atoms with Crippen molar-refractivity contribution in [2.24, 2.45) is 0 Å². The maximum absolute atomic E-state index is 12.2. The lowest BCUT2D eigenvalue weighted by Gasteiger charge is -2.18. The Morgan fingerprint density at radius 2 is 1.14 bits per heavy atom. The fraction of sp³-hybridized carbons (Fsp3) is 0.667. The standard InChI is InChI=1S/C39H66NO10P/c1-3-5-7-9-11-13-15-17-18-19-21-23-25-27-29-31-38(43)48-32-35(41)33-49-51(46,47)50-34-36(39(44)45)40-37(42)30-28-26-24-22-20-16-14-12-10-8-6-4-2/h5,7,11-14,17-18,21,23,35-36,41H,3-4,6,8-10,15-16,19-20,22,24-34H2,1-2H3,(H,40,42)(H,44,45)(H,46,47)/b7-5-,13-11-,14-12-,18-17-,23-21-. The van der Waals surface area contributed by atoms with Gasteiger partial charge in [-0.25, -0.2) is 9.36 Å². The lowest BCUT2D eigenvalue weighted by Crippen LogP contribution is -2.43. The SMILES string of the molecule is CC/C=C\C/C=C\C/C=C\C/C=C\CCCCC(=O)OCC(O)COP(=O)(O)OCC(NC(=O)CCCCCCC/C=C\CCCCC)C(=O)O. The predicted octanol–water partition coefficient (Wildman–Crippen LogP) is 8.83. The molecule has 0 aliphatic carbocycles. The molecule has 0 aromatic heterocycles. The summed E-state index contributed by atoms with van der Waals surface area (Å²) in [6, 6.07) is -1.56. The van der Waals surface area contributed by atoms with Crippen molar-refractivity contribution in [1.29, 1.82) is 0 Å². The van der Waals surface area contributed by atoms with E-state index < -0.39 is 57.6 Å². The first-order valence-corrected chi connectivity index (χ1v) is 20.3. The van der Waals surface area contributed by atoms with Crippen LogP contribution in [-0.4, -0.2) is 64.9 Å². The van der Waals surface area contributed by atoms with Crippen LogP contribution >= 0.6 is 7.82 Å². The van der Waals surface area contributed by atoms with E-state index in [0.717, 1.165) is 77.0 Å². The molecule has 11 nitrogen and oxygen atoms in total. The molecule has 1 amide bonds. The van der Waals surface area contributed by atoms with Gasteiger partial charge in [0, 0.05) is 12.8 Å². The van der Waals surface area contributed by atoms with Gasteiger partial charge in [-0.1, -0.05) is 107 Å². The van der Waals surface area contributed by atoms with Crippen LogP contribution in [0, 0.1) is 0 Å². The molecule has 3 unspecified atom stereocenters. The zero-order valence-electron chi connectivity index (χ0n) is 31.1. The largest absolute Gasteiger partial charge is 0.480 e. The van der Waals surface area contributed by atoms with Gasteiger partial charge in [0.1, 0.15) is 12.7 Å². The maximum atomic E-state index is 12.2. The van der Waals surface area contributed by atoms with Crippen LogP contribution in [0.15, 0.2) is 60.8 Å². The molecule has 3 atom stereocenters. The summed E-state index contributed by atoms with van der Waals surface area (Å²) >= 11 is 0. The highest BCUT2D eigenvalue weighted by Crippen LogP contribution is 2.43. The zero-order chi connectivity index (χ0) is 37.8. The number of hydrogen-bond donors (Lipinski definition) is 4. The summed E-state index contributed by atoms with van der Waals surface area (Å²) in [5.74, 6) is -2.44. The van der Waals surface area contributed by atoms with Gasteiger partial charge in [0.05, 0.1) is 13.2 Å². The number of allylic oxidation sites excluding steroid dienone is 10. The molecular formula is C39H66NO10P. The van der Waals surface area contributed by atoms with Gasteiger partial charge in [-0.2, -0.15) is 0 Å². The van der Waals surface area contributed by atoms with Crippen molar-refractivity contribution in [3.8, 4) is 0 Å². The number of ether oxygens (including phenoxy) is 1. The second-order valence-corrected chi connectivity index (χ2v) is 13.8. The molecule has 0 rings (SSSR count). The third kappa shape index (κ3) is 34.1.